The molecule has 0 aromatic heterocycles. The van der Waals surface area contributed by atoms with Crippen LogP contribution >= 0.6 is 0 Å². The molecule has 13 heavy (non-hydrogen) atoms. The summed E-state index contributed by atoms with van der Waals surface area (Å²) >= 11 is 0. The van der Waals surface area contributed by atoms with Crippen LogP contribution in [-0.4, -0.2) is 18.5 Å². The van der Waals surface area contributed by atoms with Crippen LogP contribution in [-0.2, 0) is 9.53 Å². The zero-order valence-corrected chi connectivity index (χ0v) is 9.30. The zero-order valence-electron chi connectivity index (χ0n) is 9.30. The van der Waals surface area contributed by atoms with Crippen molar-refractivity contribution >= 4 is 5.78 Å². The summed E-state index contributed by atoms with van der Waals surface area (Å²) in [7, 11) is 0. The van der Waals surface area contributed by atoms with Crippen molar-refractivity contribution < 1.29 is 9.53 Å². The predicted molar refractivity (Wildman–Crippen MR) is 56.9 cm³/mol. The van der Waals surface area contributed by atoms with E-state index in [1.165, 1.54) is 12.5 Å². The molecule has 1 unspecified atom stereocenters. The van der Waals surface area contributed by atoms with Crippen LogP contribution in [0.5, 0.6) is 0 Å². The van der Waals surface area contributed by atoms with Gasteiger partial charge in [-0.05, 0) is 19.4 Å². The Morgan fingerprint density at radius 1 is 1.46 bits per heavy atom. The Bertz CT molecular complexity index is 130. The molecule has 2 nitrogen and oxygen atoms in total. The maximum Gasteiger partial charge on any atom is 0.180 e. The first kappa shape index (κ1) is 14.9. The minimum Gasteiger partial charge on any atom is -0.370 e. The summed E-state index contributed by atoms with van der Waals surface area (Å²) in [5.41, 5.74) is 0. The lowest BCUT2D eigenvalue weighted by Gasteiger charge is -2.07. The molecule has 0 aliphatic carbocycles. The second-order valence-electron chi connectivity index (χ2n) is 2.91. The lowest BCUT2D eigenvalue weighted by molar-refractivity contribution is -0.120. The molecule has 0 spiro atoms. The molecule has 0 bridgehead atoms. The van der Waals surface area contributed by atoms with Gasteiger partial charge in [-0.3, -0.25) is 4.79 Å². The van der Waals surface area contributed by atoms with Crippen LogP contribution in [0.1, 0.15) is 40.5 Å². The second-order valence-corrected chi connectivity index (χ2v) is 2.91. The first-order valence-corrected chi connectivity index (χ1v) is 4.89. The normalized spacial score (nSPS) is 11.1. The van der Waals surface area contributed by atoms with E-state index in [9.17, 15) is 4.79 Å². The van der Waals surface area contributed by atoms with Gasteiger partial charge in [-0.15, -0.1) is 0 Å². The van der Waals surface area contributed by atoms with Crippen LogP contribution < -0.4 is 0 Å². The molecule has 1 atom stereocenters. The molecule has 0 amide bonds. The molecule has 2 heteroatoms. The third kappa shape index (κ3) is 14.2. The zero-order chi connectivity index (χ0) is 10.7. The van der Waals surface area contributed by atoms with E-state index in [1.54, 1.807) is 0 Å². The maximum absolute atomic E-state index is 10.6. The van der Waals surface area contributed by atoms with Crippen molar-refractivity contribution in [2.75, 3.05) is 6.61 Å². The molecule has 0 radical (unpaired) electrons. The minimum atomic E-state index is -0.0553. The van der Waals surface area contributed by atoms with Crippen LogP contribution in [0.2, 0.25) is 0 Å². The number of carbonyl (C=O) groups is 1. The van der Waals surface area contributed by atoms with Gasteiger partial charge < -0.3 is 4.74 Å². The predicted octanol–water partition coefficient (Wildman–Crippen LogP) is 2.97. The van der Waals surface area contributed by atoms with Crippen molar-refractivity contribution in [3.05, 3.63) is 12.7 Å². The molecule has 0 saturated carbocycles. The van der Waals surface area contributed by atoms with E-state index in [-0.39, 0.29) is 18.5 Å². The molecular weight excluding hydrogens is 164 g/mol. The van der Waals surface area contributed by atoms with Crippen molar-refractivity contribution in [2.24, 2.45) is 0 Å². The molecule has 0 fully saturated rings. The highest BCUT2D eigenvalue weighted by atomic mass is 16.5. The number of hydrogen-bond acceptors (Lipinski definition) is 2. The smallest absolute Gasteiger partial charge is 0.180 e. The Labute approximate surface area is 82.0 Å². The summed E-state index contributed by atoms with van der Waals surface area (Å²) < 4.78 is 5.12. The summed E-state index contributed by atoms with van der Waals surface area (Å²) in [6, 6.07) is 0. The third-order valence-corrected chi connectivity index (χ3v) is 1.31. The molecular formula is C11H22O2. The van der Waals surface area contributed by atoms with Crippen LogP contribution in [0.3, 0.4) is 0 Å². The number of rotatable bonds is 5. The molecule has 0 rings (SSSR count). The summed E-state index contributed by atoms with van der Waals surface area (Å²) in [6.45, 7) is 11.7. The van der Waals surface area contributed by atoms with E-state index >= 15 is 0 Å². The van der Waals surface area contributed by atoms with Gasteiger partial charge in [-0.1, -0.05) is 33.8 Å². The Hall–Kier alpha value is -0.630. The van der Waals surface area contributed by atoms with Crippen molar-refractivity contribution in [1.82, 2.24) is 0 Å². The monoisotopic (exact) mass is 186 g/mol. The molecule has 0 aromatic carbocycles. The summed E-state index contributed by atoms with van der Waals surface area (Å²) in [6.07, 6.45) is 3.64. The molecule has 0 aliphatic rings. The molecule has 78 valence electrons. The van der Waals surface area contributed by atoms with Gasteiger partial charge in [-0.2, -0.15) is 0 Å². The lowest BCUT2D eigenvalue weighted by atomic mass is 10.3. The van der Waals surface area contributed by atoms with E-state index in [1.807, 2.05) is 13.8 Å². The van der Waals surface area contributed by atoms with E-state index in [0.29, 0.717) is 0 Å². The van der Waals surface area contributed by atoms with Gasteiger partial charge in [0.05, 0.1) is 6.10 Å². The highest BCUT2D eigenvalue weighted by Gasteiger charge is 2.00. The summed E-state index contributed by atoms with van der Waals surface area (Å²) in [4.78, 5) is 10.6. The third-order valence-electron chi connectivity index (χ3n) is 1.31. The van der Waals surface area contributed by atoms with Gasteiger partial charge in [0.1, 0.15) is 6.61 Å². The first-order chi connectivity index (χ1) is 6.12. The number of ketones is 1. The van der Waals surface area contributed by atoms with Gasteiger partial charge in [-0.25, -0.2) is 0 Å². The van der Waals surface area contributed by atoms with Gasteiger partial charge in [0.15, 0.2) is 5.78 Å². The van der Waals surface area contributed by atoms with E-state index in [4.69, 9.17) is 4.74 Å². The number of hydrogen-bond donors (Lipinski definition) is 0. The minimum absolute atomic E-state index is 0.0553. The largest absolute Gasteiger partial charge is 0.370 e. The van der Waals surface area contributed by atoms with E-state index < -0.39 is 0 Å². The van der Waals surface area contributed by atoms with Crippen molar-refractivity contribution in [3.8, 4) is 0 Å². The van der Waals surface area contributed by atoms with Gasteiger partial charge >= 0.3 is 0 Å². The molecule has 0 heterocycles. The fraction of sp³-hybridized carbons (Fsp3) is 0.727. The Morgan fingerprint density at radius 2 is 1.92 bits per heavy atom. The standard InChI is InChI=1S/C8H14O2.C3H8/c1-4-7(3)10-6-8(9)5-2;1-3-2/h5,7H,2,4,6H2,1,3H3;3H2,1-2H3. The summed E-state index contributed by atoms with van der Waals surface area (Å²) in [5.74, 6) is -0.0553. The number of carbonyl (C=O) groups excluding carboxylic acids is 1. The van der Waals surface area contributed by atoms with Crippen LogP contribution in [0.4, 0.5) is 0 Å². The fourth-order valence-corrected chi connectivity index (χ4v) is 0.401. The van der Waals surface area contributed by atoms with Crippen LogP contribution in [0.15, 0.2) is 12.7 Å². The quantitative estimate of drug-likeness (QED) is 0.617. The fourth-order valence-electron chi connectivity index (χ4n) is 0.401. The van der Waals surface area contributed by atoms with Gasteiger partial charge in [0.25, 0.3) is 0 Å². The molecule has 0 aromatic rings. The highest BCUT2D eigenvalue weighted by molar-refractivity contribution is 5.90. The van der Waals surface area contributed by atoms with E-state index in [0.717, 1.165) is 6.42 Å². The van der Waals surface area contributed by atoms with Gasteiger partial charge in [0.2, 0.25) is 0 Å². The van der Waals surface area contributed by atoms with Crippen LogP contribution in [0.25, 0.3) is 0 Å². The number of ether oxygens (including phenoxy) is 1. The Kier molecular flexibility index (Phi) is 13.0. The molecule has 0 N–H and O–H groups in total. The van der Waals surface area contributed by atoms with Gasteiger partial charge in [0, 0.05) is 0 Å². The second kappa shape index (κ2) is 11.4. The topological polar surface area (TPSA) is 26.3 Å². The first-order valence-electron chi connectivity index (χ1n) is 4.89. The average Bonchev–Trinajstić information content (AvgIpc) is 2.14. The average molecular weight is 186 g/mol. The van der Waals surface area contributed by atoms with Crippen LogP contribution in [0, 0.1) is 0 Å². The SMILES string of the molecule is C=CC(=O)COC(C)CC.CCC. The van der Waals surface area contributed by atoms with E-state index in [2.05, 4.69) is 20.4 Å². The van der Waals surface area contributed by atoms with Crippen molar-refractivity contribution in [1.29, 1.82) is 0 Å². The van der Waals surface area contributed by atoms with Crippen molar-refractivity contribution in [2.45, 2.75) is 46.6 Å². The Balaban J connectivity index is 0. The molecule has 0 aliphatic heterocycles. The lowest BCUT2D eigenvalue weighted by Crippen LogP contribution is -2.12. The molecule has 0 saturated heterocycles. The summed E-state index contributed by atoms with van der Waals surface area (Å²) in [5, 5.41) is 0. The Morgan fingerprint density at radius 3 is 2.23 bits per heavy atom. The van der Waals surface area contributed by atoms with Crippen molar-refractivity contribution in [3.63, 3.8) is 0 Å². The highest BCUT2D eigenvalue weighted by Crippen LogP contribution is 1.94. The maximum atomic E-state index is 10.6.